The molecule has 4 heteroatoms. The van der Waals surface area contributed by atoms with E-state index in [-0.39, 0.29) is 26.8 Å². The van der Waals surface area contributed by atoms with Crippen LogP contribution in [0.25, 0.3) is 38.8 Å². The van der Waals surface area contributed by atoms with Crippen LogP contribution in [0.5, 0.6) is 0 Å². The first-order valence-electron chi connectivity index (χ1n) is 13.0. The van der Waals surface area contributed by atoms with Gasteiger partial charge in [-0.2, -0.15) is 0 Å². The van der Waals surface area contributed by atoms with E-state index in [1.165, 1.54) is 66.0 Å². The summed E-state index contributed by atoms with van der Waals surface area (Å²) in [6.07, 6.45) is 1.90. The van der Waals surface area contributed by atoms with Gasteiger partial charge >= 0.3 is 0 Å². The number of fused-ring (bicyclic) bond motifs is 6. The molecule has 0 saturated carbocycles. The van der Waals surface area contributed by atoms with Crippen molar-refractivity contribution in [2.75, 3.05) is 0 Å². The van der Waals surface area contributed by atoms with Gasteiger partial charge in [0.25, 0.3) is 0 Å². The fourth-order valence-corrected chi connectivity index (χ4v) is 6.58. The smallest absolute Gasteiger partial charge is 0.182 e. The maximum atomic E-state index is 4.83. The second kappa shape index (κ2) is 9.08. The Morgan fingerprint density at radius 1 is 0.711 bits per heavy atom. The summed E-state index contributed by atoms with van der Waals surface area (Å²) in [4.78, 5) is 4.83. The van der Waals surface area contributed by atoms with Crippen LogP contribution in [0.15, 0.2) is 79.0 Å². The third-order valence-corrected chi connectivity index (χ3v) is 8.02. The number of aryl methyl sites for hydroxylation is 5. The topological polar surface area (TPSA) is 17.8 Å². The van der Waals surface area contributed by atoms with E-state index in [1.54, 1.807) is 0 Å². The summed E-state index contributed by atoms with van der Waals surface area (Å²) in [6.45, 7) is 11.2. The largest absolute Gasteiger partial charge is 0.351 e. The van der Waals surface area contributed by atoms with Crippen LogP contribution in [0.2, 0.25) is 0 Å². The van der Waals surface area contributed by atoms with Crippen LogP contribution in [0.3, 0.4) is 0 Å². The molecule has 2 aromatic heterocycles. The molecule has 38 heavy (non-hydrogen) atoms. The standard InChI is InChI=1S/C34H28BN2.Ir/c1-20-8-12-31-27(17-20)28-18-21(2)9-13-32(28)37(31)25-10-11-26-30(19-25)35(29-7-6-14-36-34(26)29)33-23(4)15-22(3)16-24(33)5;/h6-10,12-19H,1-5H3;/q-1;. The molecule has 0 spiro atoms. The molecule has 187 valence electrons. The predicted octanol–water partition coefficient (Wildman–Crippen LogP) is 6.02. The zero-order valence-corrected chi connectivity index (χ0v) is 24.7. The number of pyridine rings is 1. The van der Waals surface area contributed by atoms with Crippen LogP contribution in [-0.2, 0) is 20.1 Å². The average molecular weight is 668 g/mol. The molecule has 0 fully saturated rings. The van der Waals surface area contributed by atoms with Crippen LogP contribution in [0.1, 0.15) is 27.8 Å². The van der Waals surface area contributed by atoms with E-state index in [1.807, 2.05) is 6.20 Å². The van der Waals surface area contributed by atoms with Crippen molar-refractivity contribution in [2.24, 2.45) is 0 Å². The van der Waals surface area contributed by atoms with E-state index >= 15 is 0 Å². The van der Waals surface area contributed by atoms with Crippen molar-refractivity contribution in [1.29, 1.82) is 0 Å². The van der Waals surface area contributed by atoms with Crippen molar-refractivity contribution in [3.05, 3.63) is 113 Å². The van der Waals surface area contributed by atoms with Gasteiger partial charge in [0.1, 0.15) is 0 Å². The molecule has 0 unspecified atom stereocenters. The molecule has 1 radical (unpaired) electrons. The summed E-state index contributed by atoms with van der Waals surface area (Å²) in [7, 11) is 0. The van der Waals surface area contributed by atoms with Gasteiger partial charge in [-0.25, -0.2) is 0 Å². The number of aromatic nitrogens is 2. The van der Waals surface area contributed by atoms with Crippen LogP contribution < -0.4 is 16.4 Å². The number of rotatable bonds is 2. The fraction of sp³-hybridized carbons (Fsp3) is 0.147. The van der Waals surface area contributed by atoms with Gasteiger partial charge in [-0.15, -0.1) is 29.2 Å². The van der Waals surface area contributed by atoms with Gasteiger partial charge in [-0.1, -0.05) is 69.1 Å². The molecule has 0 N–H and O–H groups in total. The zero-order chi connectivity index (χ0) is 25.4. The van der Waals surface area contributed by atoms with E-state index < -0.39 is 0 Å². The number of benzene rings is 4. The van der Waals surface area contributed by atoms with Crippen LogP contribution in [0, 0.1) is 40.7 Å². The molecule has 0 bridgehead atoms. The Morgan fingerprint density at radius 2 is 1.34 bits per heavy atom. The summed E-state index contributed by atoms with van der Waals surface area (Å²) >= 11 is 0. The second-order valence-corrected chi connectivity index (χ2v) is 10.8. The van der Waals surface area contributed by atoms with Crippen molar-refractivity contribution < 1.29 is 20.1 Å². The molecule has 0 saturated heterocycles. The first kappa shape index (κ1) is 24.9. The molecular formula is C34H28BIrN2-. The van der Waals surface area contributed by atoms with E-state index in [4.69, 9.17) is 4.98 Å². The first-order valence-corrected chi connectivity index (χ1v) is 13.0. The van der Waals surface area contributed by atoms with Gasteiger partial charge in [-0.3, -0.25) is 0 Å². The molecule has 6 aromatic rings. The summed E-state index contributed by atoms with van der Waals surface area (Å²) in [5.41, 5.74) is 16.3. The monoisotopic (exact) mass is 668 g/mol. The van der Waals surface area contributed by atoms with Gasteiger partial charge in [0, 0.05) is 48.1 Å². The third-order valence-electron chi connectivity index (χ3n) is 8.02. The Balaban J connectivity index is 0.00000264. The van der Waals surface area contributed by atoms with Gasteiger partial charge in [-0.05, 0) is 76.3 Å². The molecule has 0 amide bonds. The fourth-order valence-electron chi connectivity index (χ4n) is 6.58. The Morgan fingerprint density at radius 3 is 1.97 bits per heavy atom. The van der Waals surface area contributed by atoms with Crippen molar-refractivity contribution in [1.82, 2.24) is 9.55 Å². The molecular weight excluding hydrogens is 639 g/mol. The minimum atomic E-state index is 0. The number of hydrogen-bond donors (Lipinski definition) is 0. The third kappa shape index (κ3) is 3.62. The van der Waals surface area contributed by atoms with E-state index in [0.29, 0.717) is 0 Å². The summed E-state index contributed by atoms with van der Waals surface area (Å²) in [6, 6.07) is 30.7. The summed E-state index contributed by atoms with van der Waals surface area (Å²) in [5.74, 6) is 0. The Labute approximate surface area is 238 Å². The first-order chi connectivity index (χ1) is 17.9. The molecule has 1 aliphatic rings. The quantitative estimate of drug-likeness (QED) is 0.163. The Kier molecular flexibility index (Phi) is 5.94. The van der Waals surface area contributed by atoms with Gasteiger partial charge in [0.15, 0.2) is 6.71 Å². The SMILES string of the molecule is Cc1cc(C)c(B2c3cc(-n4c5ccc(C)cc5c5cc(C)ccc54)c[c-]c3-c3ncccc32)c(C)c1.[Ir]. The number of hydrogen-bond acceptors (Lipinski definition) is 1. The minimum absolute atomic E-state index is 0. The van der Waals surface area contributed by atoms with Crippen molar-refractivity contribution in [3.63, 3.8) is 0 Å². The zero-order valence-electron chi connectivity index (χ0n) is 22.3. The van der Waals surface area contributed by atoms with Crippen LogP contribution in [0.4, 0.5) is 0 Å². The predicted molar refractivity (Wildman–Crippen MR) is 158 cm³/mol. The van der Waals surface area contributed by atoms with E-state index in [2.05, 4.69) is 118 Å². The van der Waals surface area contributed by atoms with Crippen molar-refractivity contribution >= 4 is 44.9 Å². The van der Waals surface area contributed by atoms with Gasteiger partial charge in [0.05, 0.1) is 0 Å². The Bertz CT molecular complexity index is 1820. The average Bonchev–Trinajstić information content (AvgIpc) is 3.35. The van der Waals surface area contributed by atoms with E-state index in [0.717, 1.165) is 16.9 Å². The van der Waals surface area contributed by atoms with Crippen LogP contribution >= 0.6 is 0 Å². The van der Waals surface area contributed by atoms with E-state index in [9.17, 15) is 0 Å². The summed E-state index contributed by atoms with van der Waals surface area (Å²) in [5, 5.41) is 2.59. The van der Waals surface area contributed by atoms with Gasteiger partial charge in [0.2, 0.25) is 0 Å². The molecule has 0 atom stereocenters. The summed E-state index contributed by atoms with van der Waals surface area (Å²) < 4.78 is 2.41. The molecule has 1 aliphatic heterocycles. The molecule has 4 aromatic carbocycles. The molecule has 7 rings (SSSR count). The van der Waals surface area contributed by atoms with Crippen LogP contribution in [-0.4, -0.2) is 16.3 Å². The van der Waals surface area contributed by atoms with Crippen molar-refractivity contribution in [3.8, 4) is 16.9 Å². The number of nitrogens with zero attached hydrogens (tertiary/aromatic N) is 2. The maximum absolute atomic E-state index is 4.83. The normalized spacial score (nSPS) is 12.1. The van der Waals surface area contributed by atoms with Crippen molar-refractivity contribution in [2.45, 2.75) is 34.6 Å². The maximum Gasteiger partial charge on any atom is 0.182 e. The minimum Gasteiger partial charge on any atom is -0.351 e. The van der Waals surface area contributed by atoms with Gasteiger partial charge < -0.3 is 9.55 Å². The molecule has 3 heterocycles. The molecule has 0 aliphatic carbocycles. The molecule has 2 nitrogen and oxygen atoms in total. The Hall–Kier alpha value is -3.46. The second-order valence-electron chi connectivity index (χ2n) is 10.8.